The predicted octanol–water partition coefficient (Wildman–Crippen LogP) is 7.54. The Labute approximate surface area is 230 Å². The van der Waals surface area contributed by atoms with Crippen LogP contribution in [0, 0.1) is 40.4 Å². The third kappa shape index (κ3) is 4.74. The van der Waals surface area contributed by atoms with Crippen molar-refractivity contribution in [2.24, 2.45) is 40.4 Å². The number of carbonyl (C=O) groups is 2. The van der Waals surface area contributed by atoms with E-state index in [2.05, 4.69) is 33.8 Å². The van der Waals surface area contributed by atoms with Gasteiger partial charge >= 0.3 is 11.9 Å². The van der Waals surface area contributed by atoms with E-state index in [4.69, 9.17) is 14.2 Å². The molecule has 0 spiro atoms. The highest BCUT2D eigenvalue weighted by atomic mass is 16.5. The van der Waals surface area contributed by atoms with Crippen LogP contribution in [0.25, 0.3) is 0 Å². The van der Waals surface area contributed by atoms with Gasteiger partial charge in [0.25, 0.3) is 0 Å². The fraction of sp³-hybridized carbons (Fsp3) is 0.818. The first-order valence-electron chi connectivity index (χ1n) is 15.5. The molecular formula is C33H50O5. The van der Waals surface area contributed by atoms with Crippen LogP contribution in [0.3, 0.4) is 0 Å². The van der Waals surface area contributed by atoms with Crippen LogP contribution in [-0.2, 0) is 23.8 Å². The molecule has 0 aromatic carbocycles. The van der Waals surface area contributed by atoms with Crippen molar-refractivity contribution in [2.45, 2.75) is 124 Å². The monoisotopic (exact) mass is 526 g/mol. The molecule has 0 saturated heterocycles. The highest BCUT2D eigenvalue weighted by Crippen LogP contribution is 2.69. The summed E-state index contributed by atoms with van der Waals surface area (Å²) >= 11 is 0. The van der Waals surface area contributed by atoms with Gasteiger partial charge in [0.15, 0.2) is 0 Å². The van der Waals surface area contributed by atoms with E-state index in [0.717, 1.165) is 43.9 Å². The maximum Gasteiger partial charge on any atom is 0.305 e. The van der Waals surface area contributed by atoms with Gasteiger partial charge in [0.2, 0.25) is 0 Å². The van der Waals surface area contributed by atoms with Crippen molar-refractivity contribution in [3.63, 3.8) is 0 Å². The average Bonchev–Trinajstić information content (AvgIpc) is 3.38. The van der Waals surface area contributed by atoms with Crippen LogP contribution in [0.15, 0.2) is 23.0 Å². The average molecular weight is 527 g/mol. The zero-order chi connectivity index (χ0) is 27.2. The Morgan fingerprint density at radius 3 is 2.61 bits per heavy atom. The van der Waals surface area contributed by atoms with Crippen LogP contribution in [0.1, 0.15) is 112 Å². The Hall–Kier alpha value is -1.78. The fourth-order valence-electron chi connectivity index (χ4n) is 9.38. The Bertz CT molecular complexity index is 995. The van der Waals surface area contributed by atoms with Crippen LogP contribution in [-0.4, -0.2) is 30.8 Å². The van der Waals surface area contributed by atoms with E-state index in [-0.39, 0.29) is 23.5 Å². The summed E-state index contributed by atoms with van der Waals surface area (Å²) in [5.41, 5.74) is 3.63. The van der Waals surface area contributed by atoms with Crippen molar-refractivity contribution in [1.29, 1.82) is 0 Å². The van der Waals surface area contributed by atoms with Crippen LogP contribution in [0.5, 0.6) is 0 Å². The lowest BCUT2D eigenvalue weighted by Gasteiger charge is -2.58. The molecular weight excluding hydrogens is 476 g/mol. The Morgan fingerprint density at radius 1 is 1.11 bits per heavy atom. The number of esters is 2. The number of allylic oxidation sites excluding steroid dienone is 2. The maximum absolute atomic E-state index is 11.9. The van der Waals surface area contributed by atoms with Gasteiger partial charge in [-0.2, -0.15) is 0 Å². The van der Waals surface area contributed by atoms with E-state index in [1.54, 1.807) is 5.57 Å². The largest absolute Gasteiger partial charge is 0.494 e. The molecule has 0 N–H and O–H groups in total. The summed E-state index contributed by atoms with van der Waals surface area (Å²) in [6, 6.07) is 0. The molecule has 9 atom stereocenters. The molecule has 0 radical (unpaired) electrons. The van der Waals surface area contributed by atoms with Gasteiger partial charge in [-0.1, -0.05) is 46.3 Å². The van der Waals surface area contributed by atoms with Gasteiger partial charge in [-0.3, -0.25) is 9.59 Å². The van der Waals surface area contributed by atoms with Crippen LogP contribution < -0.4 is 0 Å². The van der Waals surface area contributed by atoms with Gasteiger partial charge in [-0.05, 0) is 91.9 Å². The molecule has 0 aromatic heterocycles. The molecule has 0 bridgehead atoms. The minimum absolute atomic E-state index is 0.0593. The van der Waals surface area contributed by atoms with Crippen LogP contribution in [0.4, 0.5) is 0 Å². The predicted molar refractivity (Wildman–Crippen MR) is 148 cm³/mol. The lowest BCUT2D eigenvalue weighted by Crippen LogP contribution is -2.50. The molecule has 212 valence electrons. The number of hydrogen-bond donors (Lipinski definition) is 0. The molecule has 0 aromatic rings. The second-order valence-corrected chi connectivity index (χ2v) is 13.7. The Morgan fingerprint density at radius 2 is 1.87 bits per heavy atom. The quantitative estimate of drug-likeness (QED) is 0.241. The minimum Gasteiger partial charge on any atom is -0.494 e. The van der Waals surface area contributed by atoms with Crippen LogP contribution in [0.2, 0.25) is 0 Å². The van der Waals surface area contributed by atoms with E-state index in [0.29, 0.717) is 48.7 Å². The zero-order valence-electron chi connectivity index (χ0n) is 24.6. The van der Waals surface area contributed by atoms with E-state index < -0.39 is 0 Å². The van der Waals surface area contributed by atoms with Crippen molar-refractivity contribution in [1.82, 2.24) is 0 Å². The molecule has 0 amide bonds. The van der Waals surface area contributed by atoms with E-state index >= 15 is 0 Å². The molecule has 3 fully saturated rings. The van der Waals surface area contributed by atoms with Gasteiger partial charge in [0.05, 0.1) is 12.4 Å². The molecule has 5 heteroatoms. The van der Waals surface area contributed by atoms with Gasteiger partial charge in [-0.15, -0.1) is 0 Å². The van der Waals surface area contributed by atoms with Crippen molar-refractivity contribution in [3.05, 3.63) is 23.0 Å². The second-order valence-electron chi connectivity index (χ2n) is 13.7. The first-order chi connectivity index (χ1) is 18.1. The first kappa shape index (κ1) is 27.8. The first-order valence-corrected chi connectivity index (χ1v) is 15.5. The highest BCUT2D eigenvalue weighted by Gasteiger charge is 2.63. The maximum atomic E-state index is 11.9. The van der Waals surface area contributed by atoms with Gasteiger partial charge in [0, 0.05) is 31.6 Å². The lowest BCUT2D eigenvalue weighted by molar-refractivity contribution is -0.151. The summed E-state index contributed by atoms with van der Waals surface area (Å²) in [6.45, 7) is 13.8. The van der Waals surface area contributed by atoms with E-state index in [9.17, 15) is 9.59 Å². The molecule has 3 saturated carbocycles. The van der Waals surface area contributed by atoms with E-state index in [1.807, 2.05) is 13.8 Å². The zero-order valence-corrected chi connectivity index (χ0v) is 24.6. The molecule has 1 aliphatic heterocycles. The van der Waals surface area contributed by atoms with Gasteiger partial charge in [-0.25, -0.2) is 0 Å². The van der Waals surface area contributed by atoms with Crippen molar-refractivity contribution < 1.29 is 23.8 Å². The second kappa shape index (κ2) is 10.7. The lowest BCUT2D eigenvalue weighted by atomic mass is 9.47. The molecule has 0 unspecified atom stereocenters. The highest BCUT2D eigenvalue weighted by molar-refractivity contribution is 5.69. The summed E-state index contributed by atoms with van der Waals surface area (Å²) in [5, 5.41) is 0. The molecule has 4 aliphatic carbocycles. The van der Waals surface area contributed by atoms with Crippen molar-refractivity contribution >= 4 is 11.9 Å². The number of fused-ring (bicyclic) bond motifs is 7. The fourth-order valence-corrected chi connectivity index (χ4v) is 9.38. The molecule has 5 nitrogen and oxygen atoms in total. The van der Waals surface area contributed by atoms with Gasteiger partial charge < -0.3 is 14.2 Å². The summed E-state index contributed by atoms with van der Waals surface area (Å²) < 4.78 is 17.9. The minimum atomic E-state index is -0.111. The summed E-state index contributed by atoms with van der Waals surface area (Å²) in [6.07, 6.45) is 13.8. The van der Waals surface area contributed by atoms with Crippen LogP contribution >= 0.6 is 0 Å². The van der Waals surface area contributed by atoms with E-state index in [1.165, 1.54) is 37.0 Å². The van der Waals surface area contributed by atoms with Crippen molar-refractivity contribution in [3.8, 4) is 0 Å². The van der Waals surface area contributed by atoms with Crippen molar-refractivity contribution in [2.75, 3.05) is 6.61 Å². The van der Waals surface area contributed by atoms with Gasteiger partial charge in [0.1, 0.15) is 12.2 Å². The third-order valence-corrected chi connectivity index (χ3v) is 11.5. The Balaban J connectivity index is 1.26. The summed E-state index contributed by atoms with van der Waals surface area (Å²) in [4.78, 5) is 23.4. The number of hydrogen-bond acceptors (Lipinski definition) is 5. The molecule has 5 aliphatic rings. The normalized spacial score (nSPS) is 40.2. The summed E-state index contributed by atoms with van der Waals surface area (Å²) in [7, 11) is 0. The molecule has 38 heavy (non-hydrogen) atoms. The SMILES string of the molecule is CCC(=O)OC[C@H](C)CCC1=C(C)[C@@H]2[C@H](C[C@@H]3[C@@H]4CC=C5C[C@@H](OC(=O)CC)CC[C@]5(C)[C@@H]4CC[C@@]32C)O1. The molecule has 1 heterocycles. The standard InChI is InChI=1S/C33H50O5/c1-7-29(34)36-19-20(3)9-12-27-21(4)31-28(38-27)18-26-24-11-10-22-17-23(37-30(35)8-2)13-15-32(22,5)25(24)14-16-33(26,31)6/h10,20,23-26,28,31H,7-9,11-19H2,1-6H3/t20-,23+,24-,25-,26-,28+,31-,32+,33+/m1/s1. The topological polar surface area (TPSA) is 61.8 Å². The third-order valence-electron chi connectivity index (χ3n) is 11.5. The molecule has 5 rings (SSSR count). The Kier molecular flexibility index (Phi) is 7.79. The smallest absolute Gasteiger partial charge is 0.305 e. The number of carbonyl (C=O) groups excluding carboxylic acids is 2. The number of ether oxygens (including phenoxy) is 3. The summed E-state index contributed by atoms with van der Waals surface area (Å²) in [5.74, 6) is 4.11. The number of rotatable bonds is 8.